The molecule has 1 amide bonds. The summed E-state index contributed by atoms with van der Waals surface area (Å²) in [5.41, 5.74) is 1.16. The summed E-state index contributed by atoms with van der Waals surface area (Å²) in [5, 5.41) is 12.5. The van der Waals surface area contributed by atoms with Crippen molar-refractivity contribution in [3.8, 4) is 17.6 Å². The van der Waals surface area contributed by atoms with Gasteiger partial charge in [-0.05, 0) is 42.9 Å². The molecule has 4 rings (SSSR count). The molecule has 0 aromatic heterocycles. The summed E-state index contributed by atoms with van der Waals surface area (Å²) in [6, 6.07) is 7.77. The Morgan fingerprint density at radius 2 is 2.22 bits per heavy atom. The Morgan fingerprint density at radius 3 is 3.09 bits per heavy atom. The van der Waals surface area contributed by atoms with E-state index in [9.17, 15) is 4.79 Å². The van der Waals surface area contributed by atoms with Gasteiger partial charge in [-0.2, -0.15) is 5.26 Å². The minimum atomic E-state index is -0.256. The summed E-state index contributed by atoms with van der Waals surface area (Å²) in [4.78, 5) is 14.4. The molecule has 3 heterocycles. The number of hydrogen-bond donors (Lipinski definition) is 1. The number of nitrogens with zero attached hydrogens (tertiary/aromatic N) is 2. The number of fused-ring (bicyclic) bond motifs is 1. The van der Waals surface area contributed by atoms with Crippen molar-refractivity contribution in [2.75, 3.05) is 19.9 Å². The highest BCUT2D eigenvalue weighted by molar-refractivity contribution is 5.83. The van der Waals surface area contributed by atoms with Gasteiger partial charge in [0.25, 0.3) is 0 Å². The number of hydrogen-bond acceptors (Lipinski definition) is 5. The maximum atomic E-state index is 12.6. The molecule has 2 fully saturated rings. The fourth-order valence-electron chi connectivity index (χ4n) is 3.71. The molecule has 3 aliphatic rings. The van der Waals surface area contributed by atoms with Crippen LogP contribution in [0.4, 0.5) is 0 Å². The molecule has 0 bridgehead atoms. The average molecular weight is 313 g/mol. The second kappa shape index (κ2) is 5.74. The summed E-state index contributed by atoms with van der Waals surface area (Å²) < 4.78 is 10.8. The summed E-state index contributed by atoms with van der Waals surface area (Å²) in [5.74, 6) is 1.90. The average Bonchev–Trinajstić information content (AvgIpc) is 3.32. The van der Waals surface area contributed by atoms with Gasteiger partial charge in [0.15, 0.2) is 11.5 Å². The Balaban J connectivity index is 1.45. The Kier molecular flexibility index (Phi) is 3.58. The molecular formula is C17H19N3O3. The number of nitrogens with one attached hydrogen (secondary N) is 1. The van der Waals surface area contributed by atoms with E-state index in [1.54, 1.807) is 4.90 Å². The van der Waals surface area contributed by atoms with Crippen LogP contribution in [0.1, 0.15) is 30.7 Å². The van der Waals surface area contributed by atoms with Gasteiger partial charge in [0.1, 0.15) is 6.04 Å². The minimum absolute atomic E-state index is 0.0669. The predicted molar refractivity (Wildman–Crippen MR) is 82.1 cm³/mol. The van der Waals surface area contributed by atoms with Crippen LogP contribution in [0.3, 0.4) is 0 Å². The largest absolute Gasteiger partial charge is 0.454 e. The third-order valence-electron chi connectivity index (χ3n) is 4.98. The highest BCUT2D eigenvalue weighted by atomic mass is 16.7. The Labute approximate surface area is 135 Å². The number of ether oxygens (including phenoxy) is 2. The van der Waals surface area contributed by atoms with Crippen LogP contribution in [0.15, 0.2) is 18.2 Å². The highest BCUT2D eigenvalue weighted by Gasteiger charge is 2.37. The molecule has 1 aromatic rings. The van der Waals surface area contributed by atoms with Crippen LogP contribution in [-0.4, -0.2) is 42.8 Å². The lowest BCUT2D eigenvalue weighted by Crippen LogP contribution is -2.45. The van der Waals surface area contributed by atoms with Crippen molar-refractivity contribution in [1.29, 1.82) is 5.26 Å². The fourth-order valence-corrected chi connectivity index (χ4v) is 3.71. The molecule has 0 saturated carbocycles. The molecule has 3 aliphatic heterocycles. The number of carbonyl (C=O) groups is 1. The van der Waals surface area contributed by atoms with E-state index in [2.05, 4.69) is 11.4 Å². The topological polar surface area (TPSA) is 74.6 Å². The highest BCUT2D eigenvalue weighted by Crippen LogP contribution is 2.37. The monoisotopic (exact) mass is 313 g/mol. The van der Waals surface area contributed by atoms with E-state index in [0.29, 0.717) is 6.54 Å². The number of carbonyl (C=O) groups excluding carboxylic acids is 1. The summed E-state index contributed by atoms with van der Waals surface area (Å²) in [6.07, 6.45) is 2.47. The van der Waals surface area contributed by atoms with E-state index >= 15 is 0 Å². The van der Waals surface area contributed by atoms with Gasteiger partial charge in [0.2, 0.25) is 12.7 Å². The van der Waals surface area contributed by atoms with Gasteiger partial charge < -0.3 is 19.7 Å². The van der Waals surface area contributed by atoms with E-state index in [0.717, 1.165) is 42.9 Å². The zero-order valence-corrected chi connectivity index (χ0v) is 12.8. The van der Waals surface area contributed by atoms with Gasteiger partial charge in [-0.25, -0.2) is 0 Å². The van der Waals surface area contributed by atoms with E-state index < -0.39 is 0 Å². The number of benzene rings is 1. The Hall–Kier alpha value is -2.26. The minimum Gasteiger partial charge on any atom is -0.454 e. The molecule has 1 N–H and O–H groups in total. The first-order chi connectivity index (χ1) is 11.3. The third-order valence-corrected chi connectivity index (χ3v) is 4.98. The number of amides is 1. The summed E-state index contributed by atoms with van der Waals surface area (Å²) in [7, 11) is 0. The second-order valence-electron chi connectivity index (χ2n) is 6.32. The third kappa shape index (κ3) is 2.51. The van der Waals surface area contributed by atoms with Crippen LogP contribution in [0.2, 0.25) is 0 Å². The first kappa shape index (κ1) is 14.3. The molecule has 6 heteroatoms. The molecule has 120 valence electrons. The first-order valence-electron chi connectivity index (χ1n) is 8.09. The molecule has 23 heavy (non-hydrogen) atoms. The zero-order valence-electron chi connectivity index (χ0n) is 12.8. The van der Waals surface area contributed by atoms with E-state index in [1.165, 1.54) is 0 Å². The molecule has 1 aromatic carbocycles. The molecule has 3 atom stereocenters. The van der Waals surface area contributed by atoms with Crippen molar-refractivity contribution >= 4 is 5.91 Å². The molecule has 0 unspecified atom stereocenters. The summed E-state index contributed by atoms with van der Waals surface area (Å²) in [6.45, 7) is 1.73. The van der Waals surface area contributed by atoms with Crippen LogP contribution in [-0.2, 0) is 4.79 Å². The van der Waals surface area contributed by atoms with Crippen LogP contribution in [0, 0.1) is 11.3 Å². The number of nitriles is 1. The van der Waals surface area contributed by atoms with Crippen molar-refractivity contribution in [2.24, 2.45) is 0 Å². The van der Waals surface area contributed by atoms with Crippen molar-refractivity contribution in [1.82, 2.24) is 10.2 Å². The maximum Gasteiger partial charge on any atom is 0.240 e. The van der Waals surface area contributed by atoms with Gasteiger partial charge in [0, 0.05) is 13.1 Å². The van der Waals surface area contributed by atoms with E-state index in [4.69, 9.17) is 14.7 Å². The second-order valence-corrected chi connectivity index (χ2v) is 6.32. The van der Waals surface area contributed by atoms with Crippen molar-refractivity contribution in [3.05, 3.63) is 23.8 Å². The van der Waals surface area contributed by atoms with Crippen molar-refractivity contribution in [3.63, 3.8) is 0 Å². The molecular weight excluding hydrogens is 294 g/mol. The first-order valence-corrected chi connectivity index (χ1v) is 8.09. The Bertz CT molecular complexity index is 670. The van der Waals surface area contributed by atoms with E-state index in [1.807, 2.05) is 18.2 Å². The maximum absolute atomic E-state index is 12.6. The molecule has 0 aliphatic carbocycles. The standard InChI is InChI=1S/C17H19N3O3/c18-8-13-2-1-5-20(13)17(21)14-6-12(9-19-14)11-3-4-15-16(7-11)23-10-22-15/h3-4,7,12-14,19H,1-2,5-6,9-10H2/t12-,13-,14-/m0/s1. The van der Waals surface area contributed by atoms with Gasteiger partial charge in [-0.15, -0.1) is 0 Å². The lowest BCUT2D eigenvalue weighted by Gasteiger charge is -2.23. The lowest BCUT2D eigenvalue weighted by atomic mass is 9.95. The molecule has 6 nitrogen and oxygen atoms in total. The zero-order chi connectivity index (χ0) is 15.8. The van der Waals surface area contributed by atoms with Crippen LogP contribution in [0.25, 0.3) is 0 Å². The molecule has 2 saturated heterocycles. The number of rotatable bonds is 2. The predicted octanol–water partition coefficient (Wildman–Crippen LogP) is 1.38. The Morgan fingerprint density at radius 1 is 1.35 bits per heavy atom. The normalized spacial score (nSPS) is 28.8. The van der Waals surface area contributed by atoms with Crippen LogP contribution < -0.4 is 14.8 Å². The lowest BCUT2D eigenvalue weighted by molar-refractivity contribution is -0.133. The SMILES string of the molecule is N#C[C@@H]1CCCN1C(=O)[C@@H]1C[C@H](c2ccc3c(c2)OCO3)CN1. The van der Waals surface area contributed by atoms with Crippen LogP contribution >= 0.6 is 0 Å². The molecule has 0 radical (unpaired) electrons. The van der Waals surface area contributed by atoms with Gasteiger partial charge in [-0.1, -0.05) is 6.07 Å². The number of likely N-dealkylation sites (tertiary alicyclic amines) is 1. The van der Waals surface area contributed by atoms with Gasteiger partial charge in [-0.3, -0.25) is 4.79 Å². The summed E-state index contributed by atoms with van der Waals surface area (Å²) >= 11 is 0. The molecule has 0 spiro atoms. The fraction of sp³-hybridized carbons (Fsp3) is 0.529. The van der Waals surface area contributed by atoms with Crippen molar-refractivity contribution in [2.45, 2.75) is 37.3 Å². The van der Waals surface area contributed by atoms with E-state index in [-0.39, 0.29) is 30.7 Å². The van der Waals surface area contributed by atoms with Crippen molar-refractivity contribution < 1.29 is 14.3 Å². The quantitative estimate of drug-likeness (QED) is 0.893. The van der Waals surface area contributed by atoms with Gasteiger partial charge >= 0.3 is 0 Å². The van der Waals surface area contributed by atoms with Crippen LogP contribution in [0.5, 0.6) is 11.5 Å². The smallest absolute Gasteiger partial charge is 0.240 e. The van der Waals surface area contributed by atoms with Gasteiger partial charge in [0.05, 0.1) is 12.1 Å².